The molecule has 1 saturated heterocycles. The molecule has 1 atom stereocenters. The van der Waals surface area contributed by atoms with Gasteiger partial charge in [-0.25, -0.2) is 12.8 Å². The van der Waals surface area contributed by atoms with Crippen molar-refractivity contribution in [2.75, 3.05) is 26.3 Å². The molecule has 0 amide bonds. The second-order valence-corrected chi connectivity index (χ2v) is 8.91. The van der Waals surface area contributed by atoms with Gasteiger partial charge >= 0.3 is 0 Å². The summed E-state index contributed by atoms with van der Waals surface area (Å²) in [6, 6.07) is 4.44. The molecule has 3 rings (SSSR count). The maximum Gasteiger partial charge on any atom is 0.246 e. The summed E-state index contributed by atoms with van der Waals surface area (Å²) in [5, 5.41) is 9.38. The van der Waals surface area contributed by atoms with Crippen LogP contribution in [0.2, 0.25) is 5.02 Å². The minimum absolute atomic E-state index is 0.0213. The molecule has 24 heavy (non-hydrogen) atoms. The summed E-state index contributed by atoms with van der Waals surface area (Å²) in [5.41, 5.74) is -1.89. The van der Waals surface area contributed by atoms with Crippen molar-refractivity contribution in [2.45, 2.75) is 36.2 Å². The Kier molecular flexibility index (Phi) is 5.06. The number of aliphatic hydroxyl groups is 1. The van der Waals surface area contributed by atoms with Crippen molar-refractivity contribution in [1.82, 2.24) is 4.31 Å². The molecule has 2 aliphatic rings. The number of nitrogens with zero attached hydrogens (tertiary/aromatic N) is 1. The predicted octanol–water partition coefficient (Wildman–Crippen LogP) is 2.61. The Morgan fingerprint density at radius 3 is 2.79 bits per heavy atom. The van der Waals surface area contributed by atoms with Crippen molar-refractivity contribution in [3.8, 4) is 5.75 Å². The van der Waals surface area contributed by atoms with Crippen LogP contribution < -0.4 is 4.74 Å². The summed E-state index contributed by atoms with van der Waals surface area (Å²) in [6.45, 7) is -0.592. The standard InChI is InChI=1S/C16H21ClFNO4S/c17-13-3-4-14(23-8-5-12-1-2-12)15(9-13)24(21,22)19-7-6-16(18,10-19)11-20/h3-4,9,12,20H,1-2,5-8,10-11H2. The highest BCUT2D eigenvalue weighted by atomic mass is 35.5. The van der Waals surface area contributed by atoms with Gasteiger partial charge in [-0.15, -0.1) is 0 Å². The Bertz CT molecular complexity index is 710. The zero-order chi connectivity index (χ0) is 17.4. The fourth-order valence-corrected chi connectivity index (χ4v) is 4.72. The lowest BCUT2D eigenvalue weighted by atomic mass is 10.1. The van der Waals surface area contributed by atoms with E-state index in [2.05, 4.69) is 0 Å². The molecule has 1 aliphatic heterocycles. The molecule has 0 spiro atoms. The quantitative estimate of drug-likeness (QED) is 0.793. The van der Waals surface area contributed by atoms with Crippen LogP contribution in [-0.2, 0) is 10.0 Å². The monoisotopic (exact) mass is 377 g/mol. The summed E-state index contributed by atoms with van der Waals surface area (Å²) in [6.07, 6.45) is 3.26. The van der Waals surface area contributed by atoms with Crippen molar-refractivity contribution in [3.63, 3.8) is 0 Å². The van der Waals surface area contributed by atoms with E-state index in [0.717, 1.165) is 10.7 Å². The van der Waals surface area contributed by atoms with Gasteiger partial charge in [-0.1, -0.05) is 24.4 Å². The van der Waals surface area contributed by atoms with Gasteiger partial charge in [0.25, 0.3) is 0 Å². The minimum atomic E-state index is -3.94. The van der Waals surface area contributed by atoms with E-state index in [4.69, 9.17) is 21.4 Å². The van der Waals surface area contributed by atoms with Gasteiger partial charge in [0.2, 0.25) is 10.0 Å². The number of ether oxygens (including phenoxy) is 1. The van der Waals surface area contributed by atoms with Crippen LogP contribution >= 0.6 is 11.6 Å². The van der Waals surface area contributed by atoms with Crippen LogP contribution in [0.3, 0.4) is 0 Å². The van der Waals surface area contributed by atoms with E-state index in [0.29, 0.717) is 12.5 Å². The van der Waals surface area contributed by atoms with E-state index in [1.807, 2.05) is 0 Å². The van der Waals surface area contributed by atoms with E-state index < -0.39 is 22.3 Å². The fourth-order valence-electron chi connectivity index (χ4n) is 2.82. The minimum Gasteiger partial charge on any atom is -0.492 e. The Labute approximate surface area is 146 Å². The first kappa shape index (κ1) is 17.9. The molecule has 2 fully saturated rings. The summed E-state index contributed by atoms with van der Waals surface area (Å²) >= 11 is 5.95. The van der Waals surface area contributed by atoms with Crippen LogP contribution in [-0.4, -0.2) is 49.8 Å². The van der Waals surface area contributed by atoms with Gasteiger partial charge in [0.1, 0.15) is 16.3 Å². The normalized spacial score (nSPS) is 25.1. The number of hydrogen-bond donors (Lipinski definition) is 1. The largest absolute Gasteiger partial charge is 0.492 e. The van der Waals surface area contributed by atoms with E-state index in [-0.39, 0.29) is 35.2 Å². The average Bonchev–Trinajstić information content (AvgIpc) is 3.28. The second kappa shape index (κ2) is 6.78. The molecule has 0 aromatic heterocycles. The van der Waals surface area contributed by atoms with Crippen LogP contribution in [0.4, 0.5) is 4.39 Å². The molecule has 0 radical (unpaired) electrons. The molecule has 1 aromatic carbocycles. The number of halogens is 2. The molecular formula is C16H21ClFNO4S. The Balaban J connectivity index is 1.81. The predicted molar refractivity (Wildman–Crippen MR) is 88.6 cm³/mol. The third-order valence-corrected chi connectivity index (χ3v) is 6.66. The number of benzene rings is 1. The lowest BCUT2D eigenvalue weighted by Crippen LogP contribution is -2.35. The van der Waals surface area contributed by atoms with Gasteiger partial charge in [0.05, 0.1) is 19.8 Å². The molecule has 1 saturated carbocycles. The van der Waals surface area contributed by atoms with Crippen molar-refractivity contribution >= 4 is 21.6 Å². The van der Waals surface area contributed by atoms with Crippen LogP contribution in [0.1, 0.15) is 25.7 Å². The third-order valence-electron chi connectivity index (χ3n) is 4.56. The topological polar surface area (TPSA) is 66.8 Å². The first-order chi connectivity index (χ1) is 11.3. The SMILES string of the molecule is O=S(=O)(c1cc(Cl)ccc1OCCC1CC1)N1CCC(F)(CO)C1. The maximum absolute atomic E-state index is 14.2. The van der Waals surface area contributed by atoms with Crippen molar-refractivity contribution in [1.29, 1.82) is 0 Å². The van der Waals surface area contributed by atoms with Gasteiger partial charge in [-0.2, -0.15) is 4.31 Å². The van der Waals surface area contributed by atoms with Crippen molar-refractivity contribution < 1.29 is 22.7 Å². The molecule has 1 unspecified atom stereocenters. The molecular weight excluding hydrogens is 357 g/mol. The first-order valence-electron chi connectivity index (χ1n) is 8.06. The summed E-state index contributed by atoms with van der Waals surface area (Å²) in [4.78, 5) is -0.0482. The summed E-state index contributed by atoms with van der Waals surface area (Å²) in [5.74, 6) is 0.910. The molecule has 1 aromatic rings. The Morgan fingerprint density at radius 2 is 2.17 bits per heavy atom. The number of aliphatic hydroxyl groups excluding tert-OH is 1. The zero-order valence-corrected chi connectivity index (χ0v) is 14.8. The lowest BCUT2D eigenvalue weighted by molar-refractivity contribution is 0.0844. The van der Waals surface area contributed by atoms with E-state index in [1.165, 1.54) is 25.0 Å². The van der Waals surface area contributed by atoms with Crippen LogP contribution in [0, 0.1) is 5.92 Å². The molecule has 1 heterocycles. The Hall–Kier alpha value is -0.890. The van der Waals surface area contributed by atoms with Crippen LogP contribution in [0.5, 0.6) is 5.75 Å². The fraction of sp³-hybridized carbons (Fsp3) is 0.625. The highest BCUT2D eigenvalue weighted by Gasteiger charge is 2.43. The number of rotatable bonds is 7. The second-order valence-electron chi connectivity index (χ2n) is 6.57. The smallest absolute Gasteiger partial charge is 0.246 e. The summed E-state index contributed by atoms with van der Waals surface area (Å²) in [7, 11) is -3.94. The molecule has 5 nitrogen and oxygen atoms in total. The molecule has 0 bridgehead atoms. The molecule has 1 N–H and O–H groups in total. The number of hydrogen-bond acceptors (Lipinski definition) is 4. The van der Waals surface area contributed by atoms with E-state index in [1.54, 1.807) is 6.07 Å². The zero-order valence-electron chi connectivity index (χ0n) is 13.2. The highest BCUT2D eigenvalue weighted by Crippen LogP contribution is 2.36. The molecule has 8 heteroatoms. The van der Waals surface area contributed by atoms with Crippen LogP contribution in [0.25, 0.3) is 0 Å². The number of alkyl halides is 1. The van der Waals surface area contributed by atoms with Crippen molar-refractivity contribution in [3.05, 3.63) is 23.2 Å². The third kappa shape index (κ3) is 3.85. The van der Waals surface area contributed by atoms with Gasteiger partial charge in [-0.05, 0) is 37.0 Å². The lowest BCUT2D eigenvalue weighted by Gasteiger charge is -2.20. The van der Waals surface area contributed by atoms with Crippen LogP contribution in [0.15, 0.2) is 23.1 Å². The van der Waals surface area contributed by atoms with Crippen molar-refractivity contribution in [2.24, 2.45) is 5.92 Å². The van der Waals surface area contributed by atoms with E-state index in [9.17, 15) is 12.8 Å². The highest BCUT2D eigenvalue weighted by molar-refractivity contribution is 7.89. The molecule has 134 valence electrons. The van der Waals surface area contributed by atoms with Gasteiger partial charge < -0.3 is 9.84 Å². The maximum atomic E-state index is 14.2. The number of sulfonamides is 1. The first-order valence-corrected chi connectivity index (χ1v) is 9.88. The van der Waals surface area contributed by atoms with Gasteiger partial charge in [-0.3, -0.25) is 0 Å². The Morgan fingerprint density at radius 1 is 1.42 bits per heavy atom. The molecule has 1 aliphatic carbocycles. The average molecular weight is 378 g/mol. The van der Waals surface area contributed by atoms with E-state index >= 15 is 0 Å². The van der Waals surface area contributed by atoms with Gasteiger partial charge in [0.15, 0.2) is 0 Å². The van der Waals surface area contributed by atoms with Gasteiger partial charge in [0, 0.05) is 11.6 Å². The summed E-state index contributed by atoms with van der Waals surface area (Å²) < 4.78 is 46.6.